The Morgan fingerprint density at radius 2 is 1.81 bits per heavy atom. The number of halogens is 4. The number of aliphatic imine (C=N–C) groups is 1. The molecule has 1 rings (SSSR count). The van der Waals surface area contributed by atoms with Gasteiger partial charge >= 0.3 is 12.1 Å². The zero-order valence-corrected chi connectivity index (χ0v) is 14.2. The number of guanidine groups is 1. The summed E-state index contributed by atoms with van der Waals surface area (Å²) in [6.45, 7) is 2.56. The number of aromatic nitrogens is 2. The number of alkyl halides is 3. The third-order valence-corrected chi connectivity index (χ3v) is 2.68. The number of nitrogens with zero attached hydrogens (tertiary/aromatic N) is 3. The van der Waals surface area contributed by atoms with E-state index in [9.17, 15) is 18.0 Å². The molecule has 0 atom stereocenters. The standard InChI is InChI=1S/C10H16ClN7O.C2HF3O2/c1-2-3-4-15-10(14)18-9(19)5-7(12)17-8(13)6(11)16-5;3-2(4,5)1(6)7/h2-4H2,1H3,(H4,12,13,17)(H3,14,15,18,19);(H,6,7). The molecule has 10 nitrogen and oxygen atoms in total. The lowest BCUT2D eigenvalue weighted by Crippen LogP contribution is -2.38. The van der Waals surface area contributed by atoms with E-state index in [0.717, 1.165) is 12.8 Å². The Morgan fingerprint density at radius 3 is 2.27 bits per heavy atom. The van der Waals surface area contributed by atoms with Gasteiger partial charge in [0.2, 0.25) is 0 Å². The molecule has 0 aromatic carbocycles. The van der Waals surface area contributed by atoms with Crippen LogP contribution in [0.25, 0.3) is 0 Å². The van der Waals surface area contributed by atoms with Crippen LogP contribution in [0.1, 0.15) is 30.3 Å². The molecule has 8 N–H and O–H groups in total. The minimum atomic E-state index is -5.08. The topological polar surface area (TPSA) is 183 Å². The van der Waals surface area contributed by atoms with Crippen molar-refractivity contribution >= 4 is 41.1 Å². The molecule has 1 heterocycles. The summed E-state index contributed by atoms with van der Waals surface area (Å²) < 4.78 is 31.7. The number of rotatable bonds is 4. The highest BCUT2D eigenvalue weighted by atomic mass is 35.5. The predicted molar refractivity (Wildman–Crippen MR) is 88.4 cm³/mol. The number of aliphatic carboxylic acids is 1. The lowest BCUT2D eigenvalue weighted by molar-refractivity contribution is -0.192. The summed E-state index contributed by atoms with van der Waals surface area (Å²) in [5.74, 6) is -3.56. The third kappa shape index (κ3) is 8.32. The van der Waals surface area contributed by atoms with Crippen molar-refractivity contribution in [1.82, 2.24) is 15.3 Å². The number of nitrogens with one attached hydrogen (secondary N) is 1. The normalized spacial score (nSPS) is 11.3. The third-order valence-electron chi connectivity index (χ3n) is 2.40. The Kier molecular flexibility index (Phi) is 9.11. The van der Waals surface area contributed by atoms with Gasteiger partial charge in [0.1, 0.15) is 0 Å². The molecule has 26 heavy (non-hydrogen) atoms. The second kappa shape index (κ2) is 10.2. The first-order valence-corrected chi connectivity index (χ1v) is 7.27. The van der Waals surface area contributed by atoms with E-state index in [1.807, 2.05) is 6.92 Å². The van der Waals surface area contributed by atoms with Crippen LogP contribution in [0.5, 0.6) is 0 Å². The second-order valence-corrected chi connectivity index (χ2v) is 4.87. The summed E-state index contributed by atoms with van der Waals surface area (Å²) in [6.07, 6.45) is -3.22. The fourth-order valence-electron chi connectivity index (χ4n) is 1.18. The minimum Gasteiger partial charge on any atom is -0.475 e. The SMILES string of the molecule is CCCCN=C(N)NC(=O)c1nc(Cl)c(N)nc1N.O=C(O)C(F)(F)F. The Balaban J connectivity index is 0.000000758. The van der Waals surface area contributed by atoms with Crippen LogP contribution in [-0.2, 0) is 4.79 Å². The monoisotopic (exact) mass is 399 g/mol. The lowest BCUT2D eigenvalue weighted by atomic mass is 10.3. The van der Waals surface area contributed by atoms with Gasteiger partial charge < -0.3 is 22.3 Å². The van der Waals surface area contributed by atoms with Crippen molar-refractivity contribution < 1.29 is 27.9 Å². The van der Waals surface area contributed by atoms with Crippen LogP contribution in [0, 0.1) is 0 Å². The number of unbranched alkanes of at least 4 members (excludes halogenated alkanes) is 1. The molecule has 0 saturated carbocycles. The highest BCUT2D eigenvalue weighted by Gasteiger charge is 2.38. The molecule has 1 aromatic rings. The lowest BCUT2D eigenvalue weighted by Gasteiger charge is -2.07. The zero-order chi connectivity index (χ0) is 20.5. The molecule has 0 aliphatic heterocycles. The molecule has 0 bridgehead atoms. The molecule has 1 amide bonds. The molecule has 14 heteroatoms. The Hall–Kier alpha value is -2.83. The Morgan fingerprint density at radius 1 is 1.27 bits per heavy atom. The molecule has 146 valence electrons. The summed E-state index contributed by atoms with van der Waals surface area (Å²) in [5.41, 5.74) is 16.3. The van der Waals surface area contributed by atoms with Gasteiger partial charge in [-0.05, 0) is 6.42 Å². The van der Waals surface area contributed by atoms with E-state index >= 15 is 0 Å². The first-order valence-electron chi connectivity index (χ1n) is 6.90. The van der Waals surface area contributed by atoms with Crippen molar-refractivity contribution in [3.8, 4) is 0 Å². The van der Waals surface area contributed by atoms with Gasteiger partial charge in [0.15, 0.2) is 28.4 Å². The van der Waals surface area contributed by atoms with Crippen LogP contribution in [0.4, 0.5) is 24.8 Å². The van der Waals surface area contributed by atoms with Gasteiger partial charge in [-0.1, -0.05) is 24.9 Å². The van der Waals surface area contributed by atoms with E-state index in [1.54, 1.807) is 0 Å². The van der Waals surface area contributed by atoms with Crippen LogP contribution in [0.2, 0.25) is 5.15 Å². The average Bonchev–Trinajstić information content (AvgIpc) is 2.50. The number of hydrogen-bond acceptors (Lipinski definition) is 7. The molecule has 0 radical (unpaired) electrons. The maximum Gasteiger partial charge on any atom is 0.490 e. The minimum absolute atomic E-state index is 0.00685. The number of carboxylic acids is 1. The molecular formula is C12H17ClF3N7O3. The first kappa shape index (κ1) is 23.2. The van der Waals surface area contributed by atoms with E-state index in [-0.39, 0.29) is 28.4 Å². The summed E-state index contributed by atoms with van der Waals surface area (Å²) in [4.78, 5) is 32.1. The molecule has 0 unspecified atom stereocenters. The van der Waals surface area contributed by atoms with Crippen LogP contribution in [0.3, 0.4) is 0 Å². The van der Waals surface area contributed by atoms with E-state index in [1.165, 1.54) is 0 Å². The van der Waals surface area contributed by atoms with Crippen molar-refractivity contribution in [1.29, 1.82) is 0 Å². The zero-order valence-electron chi connectivity index (χ0n) is 13.5. The summed E-state index contributed by atoms with van der Waals surface area (Å²) in [5, 5.41) is 9.38. The van der Waals surface area contributed by atoms with Crippen LogP contribution in [-0.4, -0.2) is 45.6 Å². The highest BCUT2D eigenvalue weighted by Crippen LogP contribution is 2.17. The number of carboxylic acid groups (broad SMARTS) is 1. The van der Waals surface area contributed by atoms with E-state index in [0.29, 0.717) is 6.54 Å². The molecule has 1 aromatic heterocycles. The number of carbonyl (C=O) groups is 2. The second-order valence-electron chi connectivity index (χ2n) is 4.51. The Labute approximate surface area is 150 Å². The quantitative estimate of drug-likeness (QED) is 0.279. The number of hydrogen-bond donors (Lipinski definition) is 5. The van der Waals surface area contributed by atoms with Crippen molar-refractivity contribution in [3.63, 3.8) is 0 Å². The molecule has 0 saturated heterocycles. The number of nitrogen functional groups attached to an aromatic ring is 2. The van der Waals surface area contributed by atoms with Crippen molar-refractivity contribution in [2.45, 2.75) is 25.9 Å². The van der Waals surface area contributed by atoms with E-state index in [4.69, 9.17) is 38.7 Å². The smallest absolute Gasteiger partial charge is 0.475 e. The first-order chi connectivity index (χ1) is 11.9. The molecule has 0 spiro atoms. The van der Waals surface area contributed by atoms with Gasteiger partial charge in [0, 0.05) is 6.54 Å². The fraction of sp³-hybridized carbons (Fsp3) is 0.417. The average molecular weight is 400 g/mol. The predicted octanol–water partition coefficient (Wildman–Crippen LogP) is 0.772. The van der Waals surface area contributed by atoms with Gasteiger partial charge in [0.05, 0.1) is 0 Å². The number of amides is 1. The van der Waals surface area contributed by atoms with Gasteiger partial charge in [-0.25, -0.2) is 14.8 Å². The van der Waals surface area contributed by atoms with Gasteiger partial charge in [-0.3, -0.25) is 15.1 Å². The van der Waals surface area contributed by atoms with E-state index < -0.39 is 18.1 Å². The van der Waals surface area contributed by atoms with Crippen LogP contribution < -0.4 is 22.5 Å². The Bertz CT molecular complexity index is 683. The van der Waals surface area contributed by atoms with Crippen molar-refractivity contribution in [2.75, 3.05) is 18.0 Å². The fourth-order valence-corrected chi connectivity index (χ4v) is 1.31. The maximum absolute atomic E-state index is 11.8. The summed E-state index contributed by atoms with van der Waals surface area (Å²) in [7, 11) is 0. The largest absolute Gasteiger partial charge is 0.490 e. The maximum atomic E-state index is 11.8. The molecular weight excluding hydrogens is 383 g/mol. The highest BCUT2D eigenvalue weighted by molar-refractivity contribution is 6.31. The van der Waals surface area contributed by atoms with Gasteiger partial charge in [-0.15, -0.1) is 0 Å². The van der Waals surface area contributed by atoms with Crippen molar-refractivity contribution in [2.24, 2.45) is 10.7 Å². The van der Waals surface area contributed by atoms with E-state index in [2.05, 4.69) is 20.3 Å². The number of nitrogens with two attached hydrogens (primary N) is 3. The van der Waals surface area contributed by atoms with Gasteiger partial charge in [0.25, 0.3) is 5.91 Å². The molecule has 0 aliphatic rings. The number of carbonyl (C=O) groups excluding carboxylic acids is 1. The molecule has 0 aliphatic carbocycles. The van der Waals surface area contributed by atoms with Crippen molar-refractivity contribution in [3.05, 3.63) is 10.8 Å². The summed E-state index contributed by atoms with van der Waals surface area (Å²) in [6, 6.07) is 0. The molecule has 0 fully saturated rings. The van der Waals surface area contributed by atoms with Crippen LogP contribution in [0.15, 0.2) is 4.99 Å². The number of anilines is 2. The van der Waals surface area contributed by atoms with Gasteiger partial charge in [-0.2, -0.15) is 13.2 Å². The van der Waals surface area contributed by atoms with Crippen LogP contribution >= 0.6 is 11.6 Å². The summed E-state index contributed by atoms with van der Waals surface area (Å²) >= 11 is 5.67.